The van der Waals surface area contributed by atoms with Crippen LogP contribution in [0.2, 0.25) is 10.0 Å². The van der Waals surface area contributed by atoms with E-state index in [1.807, 2.05) is 6.92 Å². The van der Waals surface area contributed by atoms with Crippen LogP contribution in [0, 0.1) is 12.7 Å². The molecule has 7 heteroatoms. The SMILES string of the molecule is Cc1cc(Nc2ccccc2F)nc(Nc2cc(Cl)ccc2Cl)n1. The third kappa shape index (κ3) is 3.93. The maximum absolute atomic E-state index is 13.8. The van der Waals surface area contributed by atoms with Crippen LogP contribution in [0.15, 0.2) is 48.5 Å². The highest BCUT2D eigenvalue weighted by Gasteiger charge is 2.08. The molecule has 0 aliphatic carbocycles. The third-order valence-corrected chi connectivity index (χ3v) is 3.73. The lowest BCUT2D eigenvalue weighted by molar-refractivity contribution is 0.632. The number of hydrogen-bond acceptors (Lipinski definition) is 4. The Kier molecular flexibility index (Phi) is 4.83. The number of hydrogen-bond donors (Lipinski definition) is 2. The molecule has 0 amide bonds. The fraction of sp³-hybridized carbons (Fsp3) is 0.0588. The molecule has 4 nitrogen and oxygen atoms in total. The molecule has 0 spiro atoms. The van der Waals surface area contributed by atoms with Gasteiger partial charge in [0, 0.05) is 16.8 Å². The average Bonchev–Trinajstić information content (AvgIpc) is 2.53. The molecule has 0 aliphatic heterocycles. The quantitative estimate of drug-likeness (QED) is 0.623. The first-order valence-corrected chi connectivity index (χ1v) is 7.86. The summed E-state index contributed by atoms with van der Waals surface area (Å²) >= 11 is 12.1. The lowest BCUT2D eigenvalue weighted by atomic mass is 10.3. The third-order valence-electron chi connectivity index (χ3n) is 3.17. The second-order valence-electron chi connectivity index (χ2n) is 5.07. The Labute approximate surface area is 148 Å². The maximum Gasteiger partial charge on any atom is 0.229 e. The second-order valence-corrected chi connectivity index (χ2v) is 5.92. The minimum atomic E-state index is -0.360. The van der Waals surface area contributed by atoms with Gasteiger partial charge in [-0.25, -0.2) is 9.37 Å². The first kappa shape index (κ1) is 16.5. The van der Waals surface area contributed by atoms with Crippen molar-refractivity contribution in [2.45, 2.75) is 6.92 Å². The standard InChI is InChI=1S/C17H13Cl2FN4/c1-10-8-16(22-14-5-3-2-4-13(14)20)24-17(21-10)23-15-9-11(18)6-7-12(15)19/h2-9H,1H3,(H2,21,22,23,24). The number of rotatable bonds is 4. The van der Waals surface area contributed by atoms with Gasteiger partial charge in [0.1, 0.15) is 11.6 Å². The molecule has 0 atom stereocenters. The molecule has 122 valence electrons. The number of anilines is 4. The summed E-state index contributed by atoms with van der Waals surface area (Å²) in [4.78, 5) is 8.64. The molecule has 0 unspecified atom stereocenters. The molecule has 2 aromatic carbocycles. The molecule has 3 rings (SSSR count). The van der Waals surface area contributed by atoms with E-state index in [0.717, 1.165) is 0 Å². The van der Waals surface area contributed by atoms with Crippen LogP contribution < -0.4 is 10.6 Å². The van der Waals surface area contributed by atoms with Gasteiger partial charge >= 0.3 is 0 Å². The number of nitrogens with zero attached hydrogens (tertiary/aromatic N) is 2. The molecule has 1 aromatic heterocycles. The van der Waals surface area contributed by atoms with Crippen molar-refractivity contribution in [3.05, 3.63) is 70.1 Å². The van der Waals surface area contributed by atoms with E-state index < -0.39 is 0 Å². The van der Waals surface area contributed by atoms with Crippen LogP contribution >= 0.6 is 23.2 Å². The summed E-state index contributed by atoms with van der Waals surface area (Å²) in [5, 5.41) is 7.00. The highest BCUT2D eigenvalue weighted by molar-refractivity contribution is 6.35. The van der Waals surface area contributed by atoms with Crippen molar-refractivity contribution in [3.63, 3.8) is 0 Å². The van der Waals surface area contributed by atoms with Gasteiger partial charge in [-0.3, -0.25) is 0 Å². The topological polar surface area (TPSA) is 49.8 Å². The molecule has 0 saturated heterocycles. The molecule has 0 saturated carbocycles. The Morgan fingerprint density at radius 1 is 0.917 bits per heavy atom. The van der Waals surface area contributed by atoms with Crippen molar-refractivity contribution in [2.24, 2.45) is 0 Å². The van der Waals surface area contributed by atoms with E-state index in [0.29, 0.717) is 38.9 Å². The smallest absolute Gasteiger partial charge is 0.229 e. The second kappa shape index (κ2) is 7.03. The molecule has 0 fully saturated rings. The van der Waals surface area contributed by atoms with Crippen molar-refractivity contribution in [3.8, 4) is 0 Å². The molecule has 24 heavy (non-hydrogen) atoms. The fourth-order valence-electron chi connectivity index (χ4n) is 2.10. The van der Waals surface area contributed by atoms with Gasteiger partial charge in [-0.15, -0.1) is 0 Å². The van der Waals surface area contributed by atoms with Crippen LogP contribution in [0.3, 0.4) is 0 Å². The van der Waals surface area contributed by atoms with Gasteiger partial charge in [-0.1, -0.05) is 35.3 Å². The number of benzene rings is 2. The summed E-state index contributed by atoms with van der Waals surface area (Å²) in [5.74, 6) is 0.437. The van der Waals surface area contributed by atoms with E-state index in [2.05, 4.69) is 20.6 Å². The normalized spacial score (nSPS) is 10.5. The number of para-hydroxylation sites is 1. The minimum Gasteiger partial charge on any atom is -0.338 e. The van der Waals surface area contributed by atoms with Crippen LogP contribution in [-0.2, 0) is 0 Å². The van der Waals surface area contributed by atoms with E-state index in [4.69, 9.17) is 23.2 Å². The summed E-state index contributed by atoms with van der Waals surface area (Å²) in [5.41, 5.74) is 1.64. The summed E-state index contributed by atoms with van der Waals surface area (Å²) in [6.07, 6.45) is 0. The van der Waals surface area contributed by atoms with Gasteiger partial charge < -0.3 is 10.6 Å². The van der Waals surface area contributed by atoms with Crippen molar-refractivity contribution in [1.29, 1.82) is 0 Å². The van der Waals surface area contributed by atoms with Crippen LogP contribution in [-0.4, -0.2) is 9.97 Å². The molecule has 0 bridgehead atoms. The number of halogens is 3. The van der Waals surface area contributed by atoms with Crippen LogP contribution in [0.5, 0.6) is 0 Å². The van der Waals surface area contributed by atoms with E-state index in [9.17, 15) is 4.39 Å². The highest BCUT2D eigenvalue weighted by atomic mass is 35.5. The van der Waals surface area contributed by atoms with E-state index >= 15 is 0 Å². The predicted molar refractivity (Wildman–Crippen MR) is 96.2 cm³/mol. The lowest BCUT2D eigenvalue weighted by Crippen LogP contribution is -2.03. The molecule has 3 aromatic rings. The van der Waals surface area contributed by atoms with E-state index in [1.165, 1.54) is 6.07 Å². The zero-order chi connectivity index (χ0) is 17.1. The van der Waals surface area contributed by atoms with Crippen LogP contribution in [0.25, 0.3) is 0 Å². The molecular formula is C17H13Cl2FN4. The summed E-state index contributed by atoms with van der Waals surface area (Å²) in [6.45, 7) is 1.82. The number of nitrogens with one attached hydrogen (secondary N) is 2. The number of aromatic nitrogens is 2. The Balaban J connectivity index is 1.89. The molecule has 1 heterocycles. The first-order valence-electron chi connectivity index (χ1n) is 7.10. The summed E-state index contributed by atoms with van der Waals surface area (Å²) in [7, 11) is 0. The summed E-state index contributed by atoms with van der Waals surface area (Å²) in [6, 6.07) is 13.1. The van der Waals surface area contributed by atoms with Gasteiger partial charge in [0.2, 0.25) is 5.95 Å². The Morgan fingerprint density at radius 3 is 2.50 bits per heavy atom. The monoisotopic (exact) mass is 362 g/mol. The average molecular weight is 363 g/mol. The number of aryl methyl sites for hydroxylation is 1. The molecule has 2 N–H and O–H groups in total. The fourth-order valence-corrected chi connectivity index (χ4v) is 2.44. The molecule has 0 radical (unpaired) electrons. The van der Waals surface area contributed by atoms with Gasteiger partial charge in [-0.2, -0.15) is 4.98 Å². The Morgan fingerprint density at radius 2 is 1.71 bits per heavy atom. The van der Waals surface area contributed by atoms with Crippen molar-refractivity contribution < 1.29 is 4.39 Å². The molecule has 0 aliphatic rings. The minimum absolute atomic E-state index is 0.331. The highest BCUT2D eigenvalue weighted by Crippen LogP contribution is 2.28. The van der Waals surface area contributed by atoms with E-state index in [1.54, 1.807) is 42.5 Å². The van der Waals surface area contributed by atoms with Gasteiger partial charge in [0.25, 0.3) is 0 Å². The van der Waals surface area contributed by atoms with Gasteiger partial charge in [0.05, 0.1) is 16.4 Å². The zero-order valence-electron chi connectivity index (χ0n) is 12.6. The predicted octanol–water partition coefficient (Wildman–Crippen LogP) is 5.72. The summed E-state index contributed by atoms with van der Waals surface area (Å²) < 4.78 is 13.8. The lowest BCUT2D eigenvalue weighted by Gasteiger charge is -2.11. The zero-order valence-corrected chi connectivity index (χ0v) is 14.2. The van der Waals surface area contributed by atoms with Crippen LogP contribution in [0.4, 0.5) is 27.5 Å². The molecular weight excluding hydrogens is 350 g/mol. The Hall–Kier alpha value is -2.37. The van der Waals surface area contributed by atoms with Crippen LogP contribution in [0.1, 0.15) is 5.69 Å². The van der Waals surface area contributed by atoms with Crippen molar-refractivity contribution in [1.82, 2.24) is 9.97 Å². The van der Waals surface area contributed by atoms with Gasteiger partial charge in [-0.05, 0) is 37.3 Å². The maximum atomic E-state index is 13.8. The van der Waals surface area contributed by atoms with Crippen molar-refractivity contribution >= 4 is 46.3 Å². The van der Waals surface area contributed by atoms with Crippen molar-refractivity contribution in [2.75, 3.05) is 10.6 Å². The largest absolute Gasteiger partial charge is 0.338 e. The Bertz CT molecular complexity index is 886. The van der Waals surface area contributed by atoms with E-state index in [-0.39, 0.29) is 5.82 Å². The van der Waals surface area contributed by atoms with Gasteiger partial charge in [0.15, 0.2) is 0 Å². The first-order chi connectivity index (χ1) is 11.5.